The zero-order valence-corrected chi connectivity index (χ0v) is 14.5. The van der Waals surface area contributed by atoms with E-state index in [-0.39, 0.29) is 18.4 Å². The fourth-order valence-corrected chi connectivity index (χ4v) is 5.29. The molecular weight excluding hydrogens is 308 g/mol. The van der Waals surface area contributed by atoms with Gasteiger partial charge in [-0.1, -0.05) is 19.6 Å². The smallest absolute Gasteiger partial charge is 0.136 e. The molecule has 1 atom stereocenters. The van der Waals surface area contributed by atoms with Crippen LogP contribution in [-0.2, 0) is 6.42 Å². The van der Waals surface area contributed by atoms with Crippen molar-refractivity contribution in [1.82, 2.24) is 0 Å². The minimum atomic E-state index is -1.28. The van der Waals surface area contributed by atoms with Gasteiger partial charge in [0.1, 0.15) is 5.84 Å². The van der Waals surface area contributed by atoms with Crippen molar-refractivity contribution in [2.45, 2.75) is 32.1 Å². The molecule has 3 rings (SSSR count). The molecule has 0 saturated heterocycles. The number of hydrogen-bond acceptors (Lipinski definition) is 4. The lowest BCUT2D eigenvalue weighted by Crippen LogP contribution is -2.34. The number of nitrogens with zero attached hydrogens (tertiary/aromatic N) is 1. The van der Waals surface area contributed by atoms with E-state index in [1.165, 1.54) is 14.9 Å². The SMILES string of the molecule is C[Si](C)(C)c1cc2c(s1)C(N)=NC(c1ccoc1)C2.Cl. The number of hydrogen-bond donors (Lipinski definition) is 1. The molecule has 0 aliphatic carbocycles. The van der Waals surface area contributed by atoms with Gasteiger partial charge in [0.2, 0.25) is 0 Å². The van der Waals surface area contributed by atoms with Crippen LogP contribution in [0.1, 0.15) is 22.0 Å². The third-order valence-corrected chi connectivity index (χ3v) is 8.20. The number of fused-ring (bicyclic) bond motifs is 1. The first-order chi connectivity index (χ1) is 8.95. The van der Waals surface area contributed by atoms with Crippen molar-refractivity contribution in [3.05, 3.63) is 40.7 Å². The second-order valence-electron chi connectivity index (χ2n) is 6.01. The summed E-state index contributed by atoms with van der Waals surface area (Å²) in [5.41, 5.74) is 8.60. The average molecular weight is 327 g/mol. The van der Waals surface area contributed by atoms with Crippen molar-refractivity contribution < 1.29 is 4.42 Å². The van der Waals surface area contributed by atoms with E-state index in [2.05, 4.69) is 30.7 Å². The molecule has 1 aliphatic rings. The van der Waals surface area contributed by atoms with Gasteiger partial charge in [-0.2, -0.15) is 0 Å². The predicted octanol–water partition coefficient (Wildman–Crippen LogP) is 3.31. The summed E-state index contributed by atoms with van der Waals surface area (Å²) in [7, 11) is -1.28. The Balaban J connectivity index is 0.00000147. The highest BCUT2D eigenvalue weighted by Crippen LogP contribution is 2.31. The molecule has 0 amide bonds. The summed E-state index contributed by atoms with van der Waals surface area (Å²) in [4.78, 5) is 5.80. The molecular formula is C14H19ClN2OSSi. The Bertz CT molecular complexity index is 628. The maximum Gasteiger partial charge on any atom is 0.136 e. The lowest BCUT2D eigenvalue weighted by molar-refractivity contribution is 0.558. The van der Waals surface area contributed by atoms with Crippen LogP contribution in [0.3, 0.4) is 0 Å². The Hall–Kier alpha value is -1.04. The number of aliphatic imine (C=N–C) groups is 1. The summed E-state index contributed by atoms with van der Waals surface area (Å²) in [5, 5.41) is 0. The Morgan fingerprint density at radius 3 is 2.75 bits per heavy atom. The van der Waals surface area contributed by atoms with Gasteiger partial charge in [0.05, 0.1) is 31.5 Å². The van der Waals surface area contributed by atoms with E-state index in [1.807, 2.05) is 17.4 Å². The second kappa shape index (κ2) is 5.39. The van der Waals surface area contributed by atoms with E-state index in [9.17, 15) is 0 Å². The van der Waals surface area contributed by atoms with E-state index in [4.69, 9.17) is 10.2 Å². The topological polar surface area (TPSA) is 51.5 Å². The van der Waals surface area contributed by atoms with Crippen LogP contribution in [0.15, 0.2) is 34.1 Å². The molecule has 2 aromatic heterocycles. The Morgan fingerprint density at radius 2 is 2.15 bits per heavy atom. The molecule has 0 spiro atoms. The Morgan fingerprint density at radius 1 is 1.40 bits per heavy atom. The van der Waals surface area contributed by atoms with Gasteiger partial charge in [-0.3, -0.25) is 4.99 Å². The molecule has 3 heterocycles. The fourth-order valence-electron chi connectivity index (χ4n) is 2.30. The standard InChI is InChI=1S/C14H18N2OSSi.ClH/c1-19(2,3)12-7-10-6-11(9-4-5-17-8-9)16-14(15)13(10)18-12;/h4-5,7-8,11H,6H2,1-3H3,(H2,15,16);1H. The van der Waals surface area contributed by atoms with Crippen LogP contribution in [0, 0.1) is 0 Å². The van der Waals surface area contributed by atoms with Gasteiger partial charge in [0.15, 0.2) is 0 Å². The molecule has 2 N–H and O–H groups in total. The minimum absolute atomic E-state index is 0. The van der Waals surface area contributed by atoms with Crippen molar-refractivity contribution in [2.24, 2.45) is 10.7 Å². The number of nitrogens with two attached hydrogens (primary N) is 1. The van der Waals surface area contributed by atoms with Crippen LogP contribution in [0.2, 0.25) is 19.6 Å². The molecule has 108 valence electrons. The van der Waals surface area contributed by atoms with Crippen molar-refractivity contribution in [1.29, 1.82) is 0 Å². The first-order valence-electron chi connectivity index (χ1n) is 6.44. The van der Waals surface area contributed by atoms with Crippen molar-refractivity contribution in [2.75, 3.05) is 0 Å². The molecule has 0 bridgehead atoms. The highest BCUT2D eigenvalue weighted by molar-refractivity contribution is 7.27. The van der Waals surface area contributed by atoms with Crippen molar-refractivity contribution in [3.8, 4) is 0 Å². The van der Waals surface area contributed by atoms with Crippen molar-refractivity contribution >= 4 is 42.2 Å². The van der Waals surface area contributed by atoms with E-state index < -0.39 is 8.07 Å². The van der Waals surface area contributed by atoms with E-state index >= 15 is 0 Å². The number of thiophene rings is 1. The Kier molecular flexibility index (Phi) is 4.13. The third kappa shape index (κ3) is 2.70. The Labute approximate surface area is 130 Å². The summed E-state index contributed by atoms with van der Waals surface area (Å²) in [5.74, 6) is 0.682. The monoisotopic (exact) mass is 326 g/mol. The van der Waals surface area contributed by atoms with Gasteiger partial charge in [0.25, 0.3) is 0 Å². The predicted molar refractivity (Wildman–Crippen MR) is 90.4 cm³/mol. The molecule has 0 fully saturated rings. The van der Waals surface area contributed by atoms with Crippen LogP contribution >= 0.6 is 23.7 Å². The van der Waals surface area contributed by atoms with Gasteiger partial charge >= 0.3 is 0 Å². The number of furan rings is 1. The normalized spacial score (nSPS) is 18.1. The van der Waals surface area contributed by atoms with Gasteiger partial charge in [-0.05, 0) is 22.2 Å². The van der Waals surface area contributed by atoms with Gasteiger partial charge in [-0.25, -0.2) is 0 Å². The van der Waals surface area contributed by atoms with Crippen LogP contribution in [0.4, 0.5) is 0 Å². The molecule has 2 aromatic rings. The van der Waals surface area contributed by atoms with Gasteiger partial charge in [-0.15, -0.1) is 23.7 Å². The first-order valence-corrected chi connectivity index (χ1v) is 10.8. The highest BCUT2D eigenvalue weighted by atomic mass is 35.5. The molecule has 0 saturated carbocycles. The number of amidine groups is 1. The zero-order chi connectivity index (χ0) is 13.6. The van der Waals surface area contributed by atoms with Gasteiger partial charge in [0, 0.05) is 12.0 Å². The van der Waals surface area contributed by atoms with Crippen LogP contribution < -0.4 is 10.2 Å². The molecule has 20 heavy (non-hydrogen) atoms. The fraction of sp³-hybridized carbons (Fsp3) is 0.357. The largest absolute Gasteiger partial charge is 0.472 e. The average Bonchev–Trinajstić information content (AvgIpc) is 2.96. The summed E-state index contributed by atoms with van der Waals surface area (Å²) in [6.45, 7) is 7.10. The molecule has 0 radical (unpaired) electrons. The highest BCUT2D eigenvalue weighted by Gasteiger charge is 2.27. The summed E-state index contributed by atoms with van der Waals surface area (Å²) in [6.07, 6.45) is 4.38. The number of halogens is 1. The third-order valence-electron chi connectivity index (χ3n) is 3.42. The summed E-state index contributed by atoms with van der Waals surface area (Å²) >= 11 is 1.83. The van der Waals surface area contributed by atoms with E-state index in [0.29, 0.717) is 5.84 Å². The first kappa shape index (κ1) is 15.3. The molecule has 1 unspecified atom stereocenters. The van der Waals surface area contributed by atoms with Gasteiger partial charge < -0.3 is 10.2 Å². The van der Waals surface area contributed by atoms with Crippen LogP contribution in [0.25, 0.3) is 0 Å². The minimum Gasteiger partial charge on any atom is -0.472 e. The molecule has 3 nitrogen and oxygen atoms in total. The molecule has 0 aromatic carbocycles. The zero-order valence-electron chi connectivity index (χ0n) is 11.8. The second-order valence-corrected chi connectivity index (χ2v) is 12.5. The van der Waals surface area contributed by atoms with E-state index in [0.717, 1.165) is 12.0 Å². The quantitative estimate of drug-likeness (QED) is 0.861. The van der Waals surface area contributed by atoms with Crippen LogP contribution in [0.5, 0.6) is 0 Å². The van der Waals surface area contributed by atoms with Crippen molar-refractivity contribution in [3.63, 3.8) is 0 Å². The summed E-state index contributed by atoms with van der Waals surface area (Å²) in [6, 6.07) is 4.43. The summed E-state index contributed by atoms with van der Waals surface area (Å²) < 4.78 is 6.65. The van der Waals surface area contributed by atoms with E-state index in [1.54, 1.807) is 12.5 Å². The lowest BCUT2D eigenvalue weighted by Gasteiger charge is -2.17. The number of rotatable bonds is 2. The van der Waals surface area contributed by atoms with Crippen LogP contribution in [-0.4, -0.2) is 13.9 Å². The maximum absolute atomic E-state index is 6.14. The lowest BCUT2D eigenvalue weighted by atomic mass is 9.99. The maximum atomic E-state index is 6.14. The molecule has 6 heteroatoms. The molecule has 1 aliphatic heterocycles.